The molecule has 1 aromatic heterocycles. The number of aromatic nitrogens is 2. The minimum Gasteiger partial charge on any atom is -0.383 e. The molecule has 0 fully saturated rings. The maximum absolute atomic E-state index is 5.94. The van der Waals surface area contributed by atoms with Crippen LogP contribution in [0.2, 0.25) is 0 Å². The fourth-order valence-electron chi connectivity index (χ4n) is 1.82. The summed E-state index contributed by atoms with van der Waals surface area (Å²) in [5, 5.41) is 0.896. The fraction of sp³-hybridized carbons (Fsp3) is 0. The quantitative estimate of drug-likeness (QED) is 0.687. The Balaban J connectivity index is 2.26. The van der Waals surface area contributed by atoms with Crippen LogP contribution in [-0.2, 0) is 0 Å². The van der Waals surface area contributed by atoms with Crippen LogP contribution >= 0.6 is 0 Å². The molecular weight excluding hydrogens is 210 g/mol. The number of benzene rings is 2. The summed E-state index contributed by atoms with van der Waals surface area (Å²) in [6.45, 7) is 0. The van der Waals surface area contributed by atoms with E-state index in [2.05, 4.69) is 9.97 Å². The third-order valence-electron chi connectivity index (χ3n) is 2.66. The van der Waals surface area contributed by atoms with Crippen LogP contribution in [0.15, 0.2) is 54.6 Å². The number of anilines is 1. The minimum atomic E-state index is 0.523. The molecule has 0 bridgehead atoms. The molecule has 0 amide bonds. The lowest BCUT2D eigenvalue weighted by Gasteiger charge is -2.04. The van der Waals surface area contributed by atoms with Gasteiger partial charge in [-0.2, -0.15) is 0 Å². The van der Waals surface area contributed by atoms with Crippen LogP contribution in [0.4, 0.5) is 5.82 Å². The average Bonchev–Trinajstić information content (AvgIpc) is 2.40. The molecule has 2 aromatic carbocycles. The molecule has 0 saturated carbocycles. The maximum Gasteiger partial charge on any atom is 0.162 e. The smallest absolute Gasteiger partial charge is 0.162 e. The zero-order chi connectivity index (χ0) is 11.7. The second kappa shape index (κ2) is 3.87. The van der Waals surface area contributed by atoms with Crippen molar-refractivity contribution in [1.29, 1.82) is 0 Å². The lowest BCUT2D eigenvalue weighted by atomic mass is 10.2. The van der Waals surface area contributed by atoms with E-state index in [0.717, 1.165) is 16.5 Å². The number of rotatable bonds is 1. The van der Waals surface area contributed by atoms with Crippen LogP contribution in [-0.4, -0.2) is 9.97 Å². The van der Waals surface area contributed by atoms with Crippen LogP contribution in [0.25, 0.3) is 22.3 Å². The number of para-hydroxylation sites is 1. The van der Waals surface area contributed by atoms with Crippen LogP contribution in [0.5, 0.6) is 0 Å². The van der Waals surface area contributed by atoms with Gasteiger partial charge in [0.2, 0.25) is 0 Å². The van der Waals surface area contributed by atoms with Gasteiger partial charge in [0, 0.05) is 10.9 Å². The van der Waals surface area contributed by atoms with E-state index < -0.39 is 0 Å². The second-order valence-electron chi connectivity index (χ2n) is 3.82. The first kappa shape index (κ1) is 9.78. The Kier molecular flexibility index (Phi) is 2.22. The van der Waals surface area contributed by atoms with Crippen molar-refractivity contribution in [3.8, 4) is 11.4 Å². The molecule has 0 radical (unpaired) electrons. The first-order chi connectivity index (χ1) is 8.34. The molecule has 17 heavy (non-hydrogen) atoms. The van der Waals surface area contributed by atoms with E-state index in [1.54, 1.807) is 0 Å². The van der Waals surface area contributed by atoms with Crippen molar-refractivity contribution >= 4 is 16.7 Å². The van der Waals surface area contributed by atoms with Crippen molar-refractivity contribution < 1.29 is 0 Å². The first-order valence-corrected chi connectivity index (χ1v) is 5.42. The van der Waals surface area contributed by atoms with Gasteiger partial charge in [-0.1, -0.05) is 42.5 Å². The van der Waals surface area contributed by atoms with E-state index in [9.17, 15) is 0 Å². The third kappa shape index (κ3) is 1.72. The summed E-state index contributed by atoms with van der Waals surface area (Å²) in [4.78, 5) is 8.85. The normalized spacial score (nSPS) is 10.6. The highest BCUT2D eigenvalue weighted by atomic mass is 14.9. The van der Waals surface area contributed by atoms with E-state index >= 15 is 0 Å². The highest BCUT2D eigenvalue weighted by Gasteiger charge is 2.05. The molecule has 82 valence electrons. The van der Waals surface area contributed by atoms with Gasteiger partial charge in [-0.25, -0.2) is 9.97 Å². The molecule has 0 saturated heterocycles. The van der Waals surface area contributed by atoms with Gasteiger partial charge in [0.25, 0.3) is 0 Å². The van der Waals surface area contributed by atoms with Crippen molar-refractivity contribution in [2.24, 2.45) is 0 Å². The third-order valence-corrected chi connectivity index (χ3v) is 2.66. The Bertz CT molecular complexity index is 663. The molecular formula is C14H11N3. The van der Waals surface area contributed by atoms with Crippen molar-refractivity contribution in [3.05, 3.63) is 54.6 Å². The van der Waals surface area contributed by atoms with Gasteiger partial charge in [-0.05, 0) is 12.1 Å². The Morgan fingerprint density at radius 3 is 2.29 bits per heavy atom. The largest absolute Gasteiger partial charge is 0.383 e. The summed E-state index contributed by atoms with van der Waals surface area (Å²) in [5.41, 5.74) is 7.79. The molecule has 3 rings (SSSR count). The summed E-state index contributed by atoms with van der Waals surface area (Å²) in [6, 6.07) is 17.6. The van der Waals surface area contributed by atoms with Gasteiger partial charge in [0.05, 0.1) is 5.52 Å². The standard InChI is InChI=1S/C14H11N3/c15-13-11-8-4-5-9-12(11)16-14(17-13)10-6-2-1-3-7-10/h1-9H,(H2,15,16,17). The summed E-state index contributed by atoms with van der Waals surface area (Å²) < 4.78 is 0. The number of nitrogen functional groups attached to an aromatic ring is 1. The maximum atomic E-state index is 5.94. The number of hydrogen-bond donors (Lipinski definition) is 1. The zero-order valence-corrected chi connectivity index (χ0v) is 9.17. The monoisotopic (exact) mass is 221 g/mol. The van der Waals surface area contributed by atoms with E-state index in [1.807, 2.05) is 54.6 Å². The molecule has 3 heteroatoms. The highest BCUT2D eigenvalue weighted by molar-refractivity contribution is 5.89. The summed E-state index contributed by atoms with van der Waals surface area (Å²) in [5.74, 6) is 1.19. The average molecular weight is 221 g/mol. The Morgan fingerprint density at radius 2 is 1.47 bits per heavy atom. The number of fused-ring (bicyclic) bond motifs is 1. The predicted molar refractivity (Wildman–Crippen MR) is 69.4 cm³/mol. The van der Waals surface area contributed by atoms with Gasteiger partial charge in [-0.3, -0.25) is 0 Å². The van der Waals surface area contributed by atoms with Crippen molar-refractivity contribution in [2.75, 3.05) is 5.73 Å². The number of nitrogens with two attached hydrogens (primary N) is 1. The molecule has 0 spiro atoms. The second-order valence-corrected chi connectivity index (χ2v) is 3.82. The van der Waals surface area contributed by atoms with E-state index in [0.29, 0.717) is 11.6 Å². The number of nitrogens with zero attached hydrogens (tertiary/aromatic N) is 2. The molecule has 0 aliphatic rings. The van der Waals surface area contributed by atoms with Crippen molar-refractivity contribution in [3.63, 3.8) is 0 Å². The van der Waals surface area contributed by atoms with Gasteiger partial charge >= 0.3 is 0 Å². The highest BCUT2D eigenvalue weighted by Crippen LogP contribution is 2.22. The first-order valence-electron chi connectivity index (χ1n) is 5.42. The molecule has 2 N–H and O–H groups in total. The molecule has 0 atom stereocenters. The van der Waals surface area contributed by atoms with Gasteiger partial charge in [-0.15, -0.1) is 0 Å². The molecule has 0 unspecified atom stereocenters. The lowest BCUT2D eigenvalue weighted by Crippen LogP contribution is -1.97. The van der Waals surface area contributed by atoms with Crippen molar-refractivity contribution in [1.82, 2.24) is 9.97 Å². The molecule has 1 heterocycles. The summed E-state index contributed by atoms with van der Waals surface area (Å²) >= 11 is 0. The number of hydrogen-bond acceptors (Lipinski definition) is 3. The molecule has 0 aliphatic heterocycles. The minimum absolute atomic E-state index is 0.523. The topological polar surface area (TPSA) is 51.8 Å². The summed E-state index contributed by atoms with van der Waals surface area (Å²) in [6.07, 6.45) is 0. The molecule has 3 nitrogen and oxygen atoms in total. The SMILES string of the molecule is Nc1nc(-c2ccccc2)nc2ccccc12. The van der Waals surface area contributed by atoms with Crippen LogP contribution in [0.1, 0.15) is 0 Å². The van der Waals surface area contributed by atoms with Gasteiger partial charge in [0.15, 0.2) is 5.82 Å². The van der Waals surface area contributed by atoms with E-state index in [-0.39, 0.29) is 0 Å². The Morgan fingerprint density at radius 1 is 0.765 bits per heavy atom. The van der Waals surface area contributed by atoms with Crippen LogP contribution in [0.3, 0.4) is 0 Å². The van der Waals surface area contributed by atoms with E-state index in [4.69, 9.17) is 5.73 Å². The lowest BCUT2D eigenvalue weighted by molar-refractivity contribution is 1.23. The molecule has 3 aromatic rings. The molecule has 0 aliphatic carbocycles. The van der Waals surface area contributed by atoms with Gasteiger partial charge in [0.1, 0.15) is 5.82 Å². The Labute approximate surface area is 98.9 Å². The van der Waals surface area contributed by atoms with Gasteiger partial charge < -0.3 is 5.73 Å². The predicted octanol–water partition coefficient (Wildman–Crippen LogP) is 2.88. The zero-order valence-electron chi connectivity index (χ0n) is 9.17. The van der Waals surface area contributed by atoms with E-state index in [1.165, 1.54) is 0 Å². The van der Waals surface area contributed by atoms with Crippen LogP contribution in [0, 0.1) is 0 Å². The van der Waals surface area contributed by atoms with Crippen molar-refractivity contribution in [2.45, 2.75) is 0 Å². The fourth-order valence-corrected chi connectivity index (χ4v) is 1.82. The summed E-state index contributed by atoms with van der Waals surface area (Å²) in [7, 11) is 0. The Hall–Kier alpha value is -2.42. The van der Waals surface area contributed by atoms with Crippen LogP contribution < -0.4 is 5.73 Å².